The summed E-state index contributed by atoms with van der Waals surface area (Å²) in [6.07, 6.45) is 1.18. The molecule has 0 fully saturated rings. The minimum absolute atomic E-state index is 0.0892. The van der Waals surface area contributed by atoms with E-state index < -0.39 is 0 Å². The molecule has 0 heterocycles. The van der Waals surface area contributed by atoms with Gasteiger partial charge in [-0.05, 0) is 30.7 Å². The Balaban J connectivity index is 2.22. The molecule has 0 unspecified atom stereocenters. The molecule has 2 aromatic carbocycles. The molecule has 27 heavy (non-hydrogen) atoms. The Morgan fingerprint density at radius 1 is 0.926 bits per heavy atom. The fraction of sp³-hybridized carbons (Fsp3) is 0.300. The predicted molar refractivity (Wildman–Crippen MR) is 104 cm³/mol. The maximum absolute atomic E-state index is 12.7. The maximum Gasteiger partial charge on any atom is 0.259 e. The normalized spacial score (nSPS) is 10.1. The van der Waals surface area contributed by atoms with Crippen LogP contribution in [0.2, 0.25) is 0 Å². The molecule has 7 heteroatoms. The first-order valence-corrected chi connectivity index (χ1v) is 8.54. The number of amides is 2. The van der Waals surface area contributed by atoms with Crippen molar-refractivity contribution >= 4 is 23.2 Å². The number of carbonyl (C=O) groups excluding carboxylic acids is 2. The quantitative estimate of drug-likeness (QED) is 0.738. The fourth-order valence-electron chi connectivity index (χ4n) is 2.58. The van der Waals surface area contributed by atoms with Gasteiger partial charge < -0.3 is 24.8 Å². The first kappa shape index (κ1) is 20.1. The SMILES string of the molecule is CCCC(=O)Nc1ccc(NC(=O)c2cccc(OC)c2OC)cc1OC. The van der Waals surface area contributed by atoms with E-state index in [1.165, 1.54) is 21.3 Å². The lowest BCUT2D eigenvalue weighted by atomic mass is 10.1. The topological polar surface area (TPSA) is 85.9 Å². The van der Waals surface area contributed by atoms with Gasteiger partial charge in [-0.15, -0.1) is 0 Å². The number of benzene rings is 2. The smallest absolute Gasteiger partial charge is 0.259 e. The molecule has 2 N–H and O–H groups in total. The molecular weight excluding hydrogens is 348 g/mol. The highest BCUT2D eigenvalue weighted by atomic mass is 16.5. The van der Waals surface area contributed by atoms with E-state index in [1.807, 2.05) is 6.92 Å². The van der Waals surface area contributed by atoms with Gasteiger partial charge in [-0.1, -0.05) is 13.0 Å². The summed E-state index contributed by atoms with van der Waals surface area (Å²) in [6.45, 7) is 1.93. The van der Waals surface area contributed by atoms with Gasteiger partial charge in [0.2, 0.25) is 5.91 Å². The number of carbonyl (C=O) groups is 2. The summed E-state index contributed by atoms with van der Waals surface area (Å²) in [5.74, 6) is 0.837. The van der Waals surface area contributed by atoms with Gasteiger partial charge in [0, 0.05) is 18.2 Å². The van der Waals surface area contributed by atoms with Crippen LogP contribution in [0.4, 0.5) is 11.4 Å². The van der Waals surface area contributed by atoms with Crippen molar-refractivity contribution in [2.75, 3.05) is 32.0 Å². The van der Waals surface area contributed by atoms with Crippen molar-refractivity contribution in [2.45, 2.75) is 19.8 Å². The second kappa shape index (κ2) is 9.47. The number of rotatable bonds is 8. The van der Waals surface area contributed by atoms with Crippen LogP contribution in [0.15, 0.2) is 36.4 Å². The average Bonchev–Trinajstić information content (AvgIpc) is 2.68. The first-order valence-electron chi connectivity index (χ1n) is 8.54. The van der Waals surface area contributed by atoms with E-state index in [0.29, 0.717) is 40.6 Å². The van der Waals surface area contributed by atoms with E-state index in [2.05, 4.69) is 10.6 Å². The molecule has 7 nitrogen and oxygen atoms in total. The summed E-state index contributed by atoms with van der Waals surface area (Å²) in [5.41, 5.74) is 1.42. The van der Waals surface area contributed by atoms with Crippen LogP contribution in [0.3, 0.4) is 0 Å². The van der Waals surface area contributed by atoms with Gasteiger partial charge in [-0.2, -0.15) is 0 Å². The minimum atomic E-state index is -0.351. The van der Waals surface area contributed by atoms with Crippen LogP contribution in [0, 0.1) is 0 Å². The number of ether oxygens (including phenoxy) is 3. The van der Waals surface area contributed by atoms with Crippen LogP contribution in [0.1, 0.15) is 30.1 Å². The standard InChI is InChI=1S/C20H24N2O5/c1-5-7-18(23)22-15-11-10-13(12-17(15)26-3)21-20(24)14-8-6-9-16(25-2)19(14)27-4/h6,8-12H,5,7H2,1-4H3,(H,21,24)(H,22,23). The molecule has 0 saturated carbocycles. The predicted octanol–water partition coefficient (Wildman–Crippen LogP) is 3.70. The molecule has 0 aliphatic heterocycles. The molecule has 0 spiro atoms. The van der Waals surface area contributed by atoms with Crippen LogP contribution in [0.5, 0.6) is 17.2 Å². The average molecular weight is 372 g/mol. The molecule has 0 aromatic heterocycles. The summed E-state index contributed by atoms with van der Waals surface area (Å²) < 4.78 is 15.8. The lowest BCUT2D eigenvalue weighted by Gasteiger charge is -2.14. The van der Waals surface area contributed by atoms with Crippen molar-refractivity contribution in [1.82, 2.24) is 0 Å². The van der Waals surface area contributed by atoms with Crippen molar-refractivity contribution in [1.29, 1.82) is 0 Å². The molecular formula is C20H24N2O5. The van der Waals surface area contributed by atoms with E-state index >= 15 is 0 Å². The molecule has 0 bridgehead atoms. The summed E-state index contributed by atoms with van der Waals surface area (Å²) in [7, 11) is 4.49. The number of nitrogens with one attached hydrogen (secondary N) is 2. The van der Waals surface area contributed by atoms with Gasteiger partial charge in [0.05, 0.1) is 32.6 Å². The van der Waals surface area contributed by atoms with Crippen molar-refractivity contribution in [3.63, 3.8) is 0 Å². The van der Waals surface area contributed by atoms with Crippen molar-refractivity contribution < 1.29 is 23.8 Å². The highest BCUT2D eigenvalue weighted by Gasteiger charge is 2.17. The van der Waals surface area contributed by atoms with Crippen LogP contribution in [-0.2, 0) is 4.79 Å². The molecule has 0 aliphatic rings. The Hall–Kier alpha value is -3.22. The van der Waals surface area contributed by atoms with Crippen LogP contribution in [-0.4, -0.2) is 33.1 Å². The largest absolute Gasteiger partial charge is 0.494 e. The highest BCUT2D eigenvalue weighted by Crippen LogP contribution is 2.32. The summed E-state index contributed by atoms with van der Waals surface area (Å²) in [6, 6.07) is 10.1. The van der Waals surface area contributed by atoms with Gasteiger partial charge in [-0.3, -0.25) is 9.59 Å². The van der Waals surface area contributed by atoms with Crippen molar-refractivity contribution in [3.8, 4) is 17.2 Å². The van der Waals surface area contributed by atoms with Gasteiger partial charge in [0.25, 0.3) is 5.91 Å². The third-order valence-electron chi connectivity index (χ3n) is 3.86. The summed E-state index contributed by atoms with van der Waals surface area (Å²) in [4.78, 5) is 24.4. The number of anilines is 2. The van der Waals surface area contributed by atoms with E-state index in [1.54, 1.807) is 36.4 Å². The Morgan fingerprint density at radius 3 is 2.30 bits per heavy atom. The molecule has 2 rings (SSSR count). The highest BCUT2D eigenvalue weighted by molar-refractivity contribution is 6.07. The van der Waals surface area contributed by atoms with E-state index in [0.717, 1.165) is 6.42 Å². The van der Waals surface area contributed by atoms with Gasteiger partial charge in [0.15, 0.2) is 11.5 Å². The maximum atomic E-state index is 12.7. The fourth-order valence-corrected chi connectivity index (χ4v) is 2.58. The molecule has 0 aliphatic carbocycles. The monoisotopic (exact) mass is 372 g/mol. The number of para-hydroxylation sites is 1. The molecule has 0 saturated heterocycles. The Morgan fingerprint density at radius 2 is 1.67 bits per heavy atom. The number of hydrogen-bond acceptors (Lipinski definition) is 5. The Kier molecular flexibility index (Phi) is 7.05. The molecule has 2 amide bonds. The first-order chi connectivity index (χ1) is 13.0. The molecule has 144 valence electrons. The number of methoxy groups -OCH3 is 3. The second-order valence-electron chi connectivity index (χ2n) is 5.71. The molecule has 0 atom stereocenters. The van der Waals surface area contributed by atoms with Crippen LogP contribution in [0.25, 0.3) is 0 Å². The number of hydrogen-bond donors (Lipinski definition) is 2. The van der Waals surface area contributed by atoms with E-state index in [-0.39, 0.29) is 11.8 Å². The van der Waals surface area contributed by atoms with Gasteiger partial charge in [0.1, 0.15) is 5.75 Å². The van der Waals surface area contributed by atoms with Crippen LogP contribution >= 0.6 is 0 Å². The van der Waals surface area contributed by atoms with Crippen molar-refractivity contribution in [2.24, 2.45) is 0 Å². The third kappa shape index (κ3) is 4.91. The summed E-state index contributed by atoms with van der Waals surface area (Å²) >= 11 is 0. The lowest BCUT2D eigenvalue weighted by molar-refractivity contribution is -0.116. The Bertz CT molecular complexity index is 820. The minimum Gasteiger partial charge on any atom is -0.494 e. The molecule has 2 aromatic rings. The summed E-state index contributed by atoms with van der Waals surface area (Å²) in [5, 5.41) is 5.59. The third-order valence-corrected chi connectivity index (χ3v) is 3.86. The van der Waals surface area contributed by atoms with E-state index in [4.69, 9.17) is 14.2 Å². The Labute approximate surface area is 158 Å². The molecule has 0 radical (unpaired) electrons. The van der Waals surface area contributed by atoms with Gasteiger partial charge >= 0.3 is 0 Å². The van der Waals surface area contributed by atoms with E-state index in [9.17, 15) is 9.59 Å². The lowest BCUT2D eigenvalue weighted by Crippen LogP contribution is -2.14. The second-order valence-corrected chi connectivity index (χ2v) is 5.71. The zero-order valence-corrected chi connectivity index (χ0v) is 15.9. The van der Waals surface area contributed by atoms with Crippen molar-refractivity contribution in [3.05, 3.63) is 42.0 Å². The van der Waals surface area contributed by atoms with Gasteiger partial charge in [-0.25, -0.2) is 0 Å². The zero-order chi connectivity index (χ0) is 19.8. The van der Waals surface area contributed by atoms with Crippen LogP contribution < -0.4 is 24.8 Å². The zero-order valence-electron chi connectivity index (χ0n) is 15.9.